The number of ether oxygens (including phenoxy) is 1. The Hall–Kier alpha value is -3.16. The smallest absolute Gasteiger partial charge is 0.264 e. The van der Waals surface area contributed by atoms with Gasteiger partial charge in [-0.25, -0.2) is 9.67 Å². The van der Waals surface area contributed by atoms with Crippen LogP contribution in [0.15, 0.2) is 41.6 Å². The maximum atomic E-state index is 12.9. The van der Waals surface area contributed by atoms with E-state index < -0.39 is 0 Å². The van der Waals surface area contributed by atoms with E-state index in [0.717, 1.165) is 30.9 Å². The molecule has 0 unspecified atom stereocenters. The normalized spacial score (nSPS) is 19.5. The van der Waals surface area contributed by atoms with Crippen molar-refractivity contribution in [2.75, 3.05) is 20.2 Å². The molecule has 3 aromatic rings. The molecule has 2 aromatic heterocycles. The van der Waals surface area contributed by atoms with Crippen molar-refractivity contribution in [1.82, 2.24) is 24.2 Å². The van der Waals surface area contributed by atoms with Crippen molar-refractivity contribution in [3.8, 4) is 11.4 Å². The van der Waals surface area contributed by atoms with Crippen molar-refractivity contribution in [2.45, 2.75) is 26.8 Å². The molecule has 1 fully saturated rings. The lowest BCUT2D eigenvalue weighted by Crippen LogP contribution is -2.44. The summed E-state index contributed by atoms with van der Waals surface area (Å²) in [6, 6.07) is 7.34. The molecule has 8 heteroatoms. The standard InChI is InChI=1S/C21H25N5O3/c1-14-8-15(2)11-24(10-14)19(27)12-25-13-22-20-18(21(25)28)9-23-26(20)16-4-6-17(29-3)7-5-16/h4-7,9,13-15H,8,10-12H2,1-3H3/t14-,15-/m0/s1. The van der Waals surface area contributed by atoms with E-state index in [0.29, 0.717) is 22.9 Å². The first-order chi connectivity index (χ1) is 14.0. The molecule has 0 saturated carbocycles. The molecule has 1 aliphatic rings. The summed E-state index contributed by atoms with van der Waals surface area (Å²) in [6.45, 7) is 5.79. The van der Waals surface area contributed by atoms with Crippen LogP contribution in [-0.2, 0) is 11.3 Å². The van der Waals surface area contributed by atoms with Crippen LogP contribution in [0.25, 0.3) is 16.7 Å². The third-order valence-corrected chi connectivity index (χ3v) is 5.40. The van der Waals surface area contributed by atoms with Gasteiger partial charge in [-0.15, -0.1) is 0 Å². The zero-order valence-electron chi connectivity index (χ0n) is 16.9. The molecule has 29 heavy (non-hydrogen) atoms. The Morgan fingerprint density at radius 3 is 2.52 bits per heavy atom. The minimum atomic E-state index is -0.263. The van der Waals surface area contributed by atoms with Gasteiger partial charge in [-0.05, 0) is 42.5 Å². The van der Waals surface area contributed by atoms with Crippen molar-refractivity contribution in [3.63, 3.8) is 0 Å². The predicted octanol–water partition coefficient (Wildman–Crippen LogP) is 2.10. The fourth-order valence-corrected chi connectivity index (χ4v) is 4.09. The molecule has 4 rings (SSSR count). The molecule has 1 aromatic carbocycles. The number of amides is 1. The van der Waals surface area contributed by atoms with E-state index in [1.54, 1.807) is 11.8 Å². The lowest BCUT2D eigenvalue weighted by Gasteiger charge is -2.35. The van der Waals surface area contributed by atoms with Gasteiger partial charge in [0.2, 0.25) is 5.91 Å². The Bertz CT molecular complexity index is 1080. The van der Waals surface area contributed by atoms with Gasteiger partial charge >= 0.3 is 0 Å². The van der Waals surface area contributed by atoms with E-state index in [1.165, 1.54) is 17.1 Å². The highest BCUT2D eigenvalue weighted by Crippen LogP contribution is 2.21. The van der Waals surface area contributed by atoms with Gasteiger partial charge in [0.25, 0.3) is 5.56 Å². The molecule has 152 valence electrons. The van der Waals surface area contributed by atoms with Crippen molar-refractivity contribution in [2.24, 2.45) is 11.8 Å². The highest BCUT2D eigenvalue weighted by atomic mass is 16.5. The summed E-state index contributed by atoms with van der Waals surface area (Å²) in [5, 5.41) is 4.70. The van der Waals surface area contributed by atoms with Crippen LogP contribution < -0.4 is 10.3 Å². The quantitative estimate of drug-likeness (QED) is 0.676. The van der Waals surface area contributed by atoms with E-state index in [2.05, 4.69) is 23.9 Å². The molecular weight excluding hydrogens is 370 g/mol. The molecule has 0 bridgehead atoms. The Labute approximate surface area is 168 Å². The monoisotopic (exact) mass is 395 g/mol. The average molecular weight is 395 g/mol. The topological polar surface area (TPSA) is 82.2 Å². The Morgan fingerprint density at radius 2 is 1.86 bits per heavy atom. The SMILES string of the molecule is COc1ccc(-n2ncc3c(=O)n(CC(=O)N4C[C@@H](C)C[C@H](C)C4)cnc32)cc1. The number of hydrogen-bond donors (Lipinski definition) is 0. The van der Waals surface area contributed by atoms with Crippen molar-refractivity contribution in [3.05, 3.63) is 47.1 Å². The molecular formula is C21H25N5O3. The van der Waals surface area contributed by atoms with Crippen molar-refractivity contribution >= 4 is 16.9 Å². The molecule has 0 radical (unpaired) electrons. The van der Waals surface area contributed by atoms with Crippen LogP contribution in [0.5, 0.6) is 5.75 Å². The number of carbonyl (C=O) groups is 1. The number of carbonyl (C=O) groups excluding carboxylic acids is 1. The second kappa shape index (κ2) is 7.69. The van der Waals surface area contributed by atoms with E-state index >= 15 is 0 Å². The second-order valence-electron chi connectivity index (χ2n) is 7.91. The zero-order chi connectivity index (χ0) is 20.5. The van der Waals surface area contributed by atoms with E-state index in [9.17, 15) is 9.59 Å². The number of fused-ring (bicyclic) bond motifs is 1. The Balaban J connectivity index is 1.60. The number of aromatic nitrogens is 4. The molecule has 1 saturated heterocycles. The summed E-state index contributed by atoms with van der Waals surface area (Å²) >= 11 is 0. The Kier molecular flexibility index (Phi) is 5.08. The number of rotatable bonds is 4. The van der Waals surface area contributed by atoms with Gasteiger partial charge in [0, 0.05) is 13.1 Å². The van der Waals surface area contributed by atoms with Crippen molar-refractivity contribution in [1.29, 1.82) is 0 Å². The number of hydrogen-bond acceptors (Lipinski definition) is 5. The highest BCUT2D eigenvalue weighted by molar-refractivity contribution is 5.78. The molecule has 3 heterocycles. The molecule has 8 nitrogen and oxygen atoms in total. The minimum absolute atomic E-state index is 0.00503. The van der Waals surface area contributed by atoms with Crippen LogP contribution >= 0.6 is 0 Å². The van der Waals surface area contributed by atoms with Gasteiger partial charge in [0.05, 0.1) is 19.0 Å². The van der Waals surface area contributed by atoms with E-state index in [1.807, 2.05) is 29.2 Å². The lowest BCUT2D eigenvalue weighted by atomic mass is 9.92. The summed E-state index contributed by atoms with van der Waals surface area (Å²) in [7, 11) is 1.61. The van der Waals surface area contributed by atoms with Gasteiger partial charge < -0.3 is 9.64 Å². The first-order valence-electron chi connectivity index (χ1n) is 9.81. The van der Waals surface area contributed by atoms with Gasteiger partial charge in [0.15, 0.2) is 5.65 Å². The van der Waals surface area contributed by atoms with Crippen LogP contribution in [0.2, 0.25) is 0 Å². The molecule has 1 aliphatic heterocycles. The fraction of sp³-hybridized carbons (Fsp3) is 0.429. The maximum absolute atomic E-state index is 12.9. The van der Waals surface area contributed by atoms with E-state index in [-0.39, 0.29) is 18.0 Å². The summed E-state index contributed by atoms with van der Waals surface area (Å²) in [6.07, 6.45) is 4.06. The summed E-state index contributed by atoms with van der Waals surface area (Å²) in [5.74, 6) is 1.64. The van der Waals surface area contributed by atoms with E-state index in [4.69, 9.17) is 4.74 Å². The lowest BCUT2D eigenvalue weighted by molar-refractivity contribution is -0.134. The Morgan fingerprint density at radius 1 is 1.17 bits per heavy atom. The number of piperidine rings is 1. The van der Waals surface area contributed by atoms with Gasteiger partial charge in [-0.2, -0.15) is 5.10 Å². The molecule has 2 atom stereocenters. The first-order valence-corrected chi connectivity index (χ1v) is 9.81. The molecule has 0 aliphatic carbocycles. The summed E-state index contributed by atoms with van der Waals surface area (Å²) in [5.41, 5.74) is 0.975. The summed E-state index contributed by atoms with van der Waals surface area (Å²) in [4.78, 5) is 31.9. The average Bonchev–Trinajstić information content (AvgIpc) is 3.14. The van der Waals surface area contributed by atoms with Gasteiger partial charge in [-0.3, -0.25) is 14.2 Å². The molecule has 0 spiro atoms. The summed E-state index contributed by atoms with van der Waals surface area (Å²) < 4.78 is 8.15. The van der Waals surface area contributed by atoms with Crippen LogP contribution in [0.4, 0.5) is 0 Å². The second-order valence-corrected chi connectivity index (χ2v) is 7.91. The highest BCUT2D eigenvalue weighted by Gasteiger charge is 2.25. The number of benzene rings is 1. The number of likely N-dealkylation sites (tertiary alicyclic amines) is 1. The zero-order valence-corrected chi connectivity index (χ0v) is 16.9. The van der Waals surface area contributed by atoms with Crippen LogP contribution in [0, 0.1) is 11.8 Å². The van der Waals surface area contributed by atoms with Crippen molar-refractivity contribution < 1.29 is 9.53 Å². The van der Waals surface area contributed by atoms with Gasteiger partial charge in [-0.1, -0.05) is 13.8 Å². The first kappa shape index (κ1) is 19.2. The van der Waals surface area contributed by atoms with Crippen LogP contribution in [-0.4, -0.2) is 50.3 Å². The van der Waals surface area contributed by atoms with Crippen LogP contribution in [0.1, 0.15) is 20.3 Å². The number of nitrogens with zero attached hydrogens (tertiary/aromatic N) is 5. The maximum Gasteiger partial charge on any atom is 0.264 e. The largest absolute Gasteiger partial charge is 0.497 e. The van der Waals surface area contributed by atoms with Gasteiger partial charge in [0.1, 0.15) is 24.0 Å². The number of methoxy groups -OCH3 is 1. The third kappa shape index (κ3) is 3.74. The fourth-order valence-electron chi connectivity index (χ4n) is 4.09. The predicted molar refractivity (Wildman–Crippen MR) is 109 cm³/mol. The molecule has 0 N–H and O–H groups in total. The minimum Gasteiger partial charge on any atom is -0.497 e. The third-order valence-electron chi connectivity index (χ3n) is 5.40. The molecule has 1 amide bonds. The van der Waals surface area contributed by atoms with Crippen LogP contribution in [0.3, 0.4) is 0 Å².